The van der Waals surface area contributed by atoms with Gasteiger partial charge in [0.25, 0.3) is 0 Å². The van der Waals surface area contributed by atoms with Crippen LogP contribution in [0.4, 0.5) is 0 Å². The largest absolute Gasteiger partial charge is 0.463 e. The molecule has 0 aromatic rings. The summed E-state index contributed by atoms with van der Waals surface area (Å²) in [6.07, 6.45) is 3.50. The van der Waals surface area contributed by atoms with E-state index in [2.05, 4.69) is 6.92 Å². The Labute approximate surface area is 246 Å². The van der Waals surface area contributed by atoms with Crippen LogP contribution in [-0.2, 0) is 56.9 Å². The third-order valence-electron chi connectivity index (χ3n) is 5.09. The van der Waals surface area contributed by atoms with E-state index in [-0.39, 0.29) is 12.6 Å². The van der Waals surface area contributed by atoms with Crippen molar-refractivity contribution in [3.63, 3.8) is 0 Å². The molecule has 0 bridgehead atoms. The van der Waals surface area contributed by atoms with Crippen molar-refractivity contribution < 1.29 is 56.9 Å². The van der Waals surface area contributed by atoms with Gasteiger partial charge in [-0.2, -0.15) is 0 Å². The third-order valence-corrected chi connectivity index (χ3v) is 5.09. The van der Waals surface area contributed by atoms with Gasteiger partial charge in [0.05, 0.1) is 132 Å². The van der Waals surface area contributed by atoms with E-state index in [9.17, 15) is 4.79 Å². The summed E-state index contributed by atoms with van der Waals surface area (Å²) in [7, 11) is 0. The molecule has 0 aliphatic heterocycles. The Morgan fingerprint density at radius 2 is 0.683 bits per heavy atom. The van der Waals surface area contributed by atoms with Crippen molar-refractivity contribution in [3.05, 3.63) is 0 Å². The molecule has 0 aromatic heterocycles. The number of hydrogen-bond acceptors (Lipinski definition) is 13. The zero-order valence-electron chi connectivity index (χ0n) is 25.4. The van der Waals surface area contributed by atoms with E-state index in [1.807, 2.05) is 0 Å². The van der Waals surface area contributed by atoms with Crippen LogP contribution < -0.4 is 5.73 Å². The molecule has 13 nitrogen and oxygen atoms in total. The lowest BCUT2D eigenvalue weighted by atomic mass is 10.2. The number of unbranched alkanes of at least 4 members (excludes halogenated alkanes) is 2. The lowest BCUT2D eigenvalue weighted by Gasteiger charge is -2.09. The minimum absolute atomic E-state index is 0.159. The van der Waals surface area contributed by atoms with Gasteiger partial charge in [-0.25, -0.2) is 0 Å². The molecule has 0 heterocycles. The molecule has 0 saturated heterocycles. The molecule has 0 fully saturated rings. The molecule has 0 radical (unpaired) electrons. The van der Waals surface area contributed by atoms with Gasteiger partial charge < -0.3 is 57.8 Å². The predicted octanol–water partition coefficient (Wildman–Crippen LogP) is 1.23. The maximum Gasteiger partial charge on any atom is 0.305 e. The van der Waals surface area contributed by atoms with E-state index in [0.717, 1.165) is 19.3 Å². The molecule has 0 amide bonds. The highest BCUT2D eigenvalue weighted by atomic mass is 16.6. The molecule has 0 rings (SSSR count). The van der Waals surface area contributed by atoms with E-state index in [0.29, 0.717) is 145 Å². The van der Waals surface area contributed by atoms with Crippen molar-refractivity contribution in [1.82, 2.24) is 0 Å². The topological polar surface area (TPSA) is 145 Å². The Bertz CT molecular complexity index is 505. The van der Waals surface area contributed by atoms with Crippen LogP contribution in [0.1, 0.15) is 32.6 Å². The molecule has 0 unspecified atom stereocenters. The molecule has 0 spiro atoms. The normalized spacial score (nSPS) is 11.4. The minimum atomic E-state index is -0.159. The first-order chi connectivity index (χ1) is 20.3. The van der Waals surface area contributed by atoms with Crippen molar-refractivity contribution in [2.45, 2.75) is 32.6 Å². The fourth-order valence-corrected chi connectivity index (χ4v) is 2.97. The third kappa shape index (κ3) is 37.0. The molecule has 246 valence electrons. The molecule has 2 N–H and O–H groups in total. The van der Waals surface area contributed by atoms with E-state index >= 15 is 0 Å². The number of carbonyl (C=O) groups is 1. The minimum Gasteiger partial charge on any atom is -0.463 e. The van der Waals surface area contributed by atoms with Gasteiger partial charge in [0.1, 0.15) is 6.61 Å². The number of carbonyl (C=O) groups excluding carboxylic acids is 1. The van der Waals surface area contributed by atoms with Crippen LogP contribution >= 0.6 is 0 Å². The first-order valence-corrected chi connectivity index (χ1v) is 14.9. The maximum atomic E-state index is 11.4. The highest BCUT2D eigenvalue weighted by molar-refractivity contribution is 5.69. The van der Waals surface area contributed by atoms with Gasteiger partial charge in [0.15, 0.2) is 0 Å². The van der Waals surface area contributed by atoms with Crippen molar-refractivity contribution in [2.24, 2.45) is 5.73 Å². The Morgan fingerprint density at radius 1 is 0.415 bits per heavy atom. The molecule has 41 heavy (non-hydrogen) atoms. The molecule has 0 aliphatic rings. The van der Waals surface area contributed by atoms with Crippen molar-refractivity contribution >= 4 is 5.97 Å². The van der Waals surface area contributed by atoms with Crippen LogP contribution in [0.15, 0.2) is 0 Å². The van der Waals surface area contributed by atoms with Gasteiger partial charge in [0.2, 0.25) is 0 Å². The smallest absolute Gasteiger partial charge is 0.305 e. The Morgan fingerprint density at radius 3 is 0.951 bits per heavy atom. The molecule has 0 saturated carbocycles. The van der Waals surface area contributed by atoms with Crippen LogP contribution in [0.25, 0.3) is 0 Å². The first kappa shape index (κ1) is 40.0. The summed E-state index contributed by atoms with van der Waals surface area (Å²) in [6.45, 7) is 13.0. The summed E-state index contributed by atoms with van der Waals surface area (Å²) in [5.74, 6) is -0.159. The van der Waals surface area contributed by atoms with E-state index in [1.165, 1.54) is 0 Å². The van der Waals surface area contributed by atoms with E-state index in [4.69, 9.17) is 57.8 Å². The van der Waals surface area contributed by atoms with Crippen LogP contribution in [0.2, 0.25) is 0 Å². The van der Waals surface area contributed by atoms with Crippen LogP contribution in [-0.4, -0.2) is 151 Å². The van der Waals surface area contributed by atoms with Gasteiger partial charge in [-0.15, -0.1) is 0 Å². The molecule has 0 aliphatic carbocycles. The SMILES string of the molecule is CCCCCC(=O)OCCOCCOCCOCCOCCOCCOCCOCCOCCOCCOCCN. The number of esters is 1. The quantitative estimate of drug-likeness (QED) is 0.0815. The van der Waals surface area contributed by atoms with Crippen LogP contribution in [0.5, 0.6) is 0 Å². The lowest BCUT2D eigenvalue weighted by Crippen LogP contribution is -2.16. The second-order valence-corrected chi connectivity index (χ2v) is 8.59. The Hall–Kier alpha value is -0.970. The fraction of sp³-hybridized carbons (Fsp3) is 0.964. The summed E-state index contributed by atoms with van der Waals surface area (Å²) in [5, 5.41) is 0. The average molecular weight is 600 g/mol. The highest BCUT2D eigenvalue weighted by Crippen LogP contribution is 2.00. The monoisotopic (exact) mass is 599 g/mol. The van der Waals surface area contributed by atoms with Crippen molar-refractivity contribution in [1.29, 1.82) is 0 Å². The molecule has 0 atom stereocenters. The summed E-state index contributed by atoms with van der Waals surface area (Å²) < 4.78 is 59.1. The van der Waals surface area contributed by atoms with Gasteiger partial charge in [-0.3, -0.25) is 4.79 Å². The number of nitrogens with two attached hydrogens (primary N) is 1. The number of hydrogen-bond donors (Lipinski definition) is 1. The standard InChI is InChI=1S/C28H57NO12/c1-2-3-4-5-28(30)41-27-26-40-25-24-39-23-22-38-21-20-37-19-18-36-17-16-35-15-14-34-13-12-33-11-10-32-9-8-31-7-6-29/h2-27,29H2,1H3. The second kappa shape index (κ2) is 37.1. The number of ether oxygens (including phenoxy) is 11. The summed E-state index contributed by atoms with van der Waals surface area (Å²) >= 11 is 0. The second-order valence-electron chi connectivity index (χ2n) is 8.59. The zero-order chi connectivity index (χ0) is 29.7. The predicted molar refractivity (Wildman–Crippen MR) is 152 cm³/mol. The Balaban J connectivity index is 3.06. The number of rotatable bonds is 36. The molecular formula is C28H57NO12. The highest BCUT2D eigenvalue weighted by Gasteiger charge is 2.02. The molecular weight excluding hydrogens is 542 g/mol. The van der Waals surface area contributed by atoms with Crippen molar-refractivity contribution in [2.75, 3.05) is 145 Å². The summed E-state index contributed by atoms with van der Waals surface area (Å²) in [6, 6.07) is 0. The van der Waals surface area contributed by atoms with Gasteiger partial charge in [0, 0.05) is 13.0 Å². The molecule has 0 aromatic carbocycles. The fourth-order valence-electron chi connectivity index (χ4n) is 2.97. The van der Waals surface area contributed by atoms with Crippen LogP contribution in [0, 0.1) is 0 Å². The summed E-state index contributed by atoms with van der Waals surface area (Å²) in [5.41, 5.74) is 5.32. The van der Waals surface area contributed by atoms with Crippen molar-refractivity contribution in [3.8, 4) is 0 Å². The maximum absolute atomic E-state index is 11.4. The zero-order valence-corrected chi connectivity index (χ0v) is 25.4. The van der Waals surface area contributed by atoms with Gasteiger partial charge >= 0.3 is 5.97 Å². The van der Waals surface area contributed by atoms with Gasteiger partial charge in [-0.1, -0.05) is 19.8 Å². The average Bonchev–Trinajstić information content (AvgIpc) is 2.98. The first-order valence-electron chi connectivity index (χ1n) is 14.9. The molecule has 13 heteroatoms. The summed E-state index contributed by atoms with van der Waals surface area (Å²) in [4.78, 5) is 11.4. The van der Waals surface area contributed by atoms with Gasteiger partial charge in [-0.05, 0) is 6.42 Å². The van der Waals surface area contributed by atoms with E-state index in [1.54, 1.807) is 0 Å². The van der Waals surface area contributed by atoms with Crippen LogP contribution in [0.3, 0.4) is 0 Å². The van der Waals surface area contributed by atoms with E-state index < -0.39 is 0 Å². The lowest BCUT2D eigenvalue weighted by molar-refractivity contribution is -0.145. The Kier molecular flexibility index (Phi) is 36.2.